The summed E-state index contributed by atoms with van der Waals surface area (Å²) in [5.74, 6) is 0.117. The van der Waals surface area contributed by atoms with E-state index in [0.29, 0.717) is 12.4 Å². The molecule has 0 spiro atoms. The third kappa shape index (κ3) is 3.96. The molecule has 1 amide bonds. The highest BCUT2D eigenvalue weighted by atomic mass is 16.5. The molecule has 3 rings (SSSR count). The molecular weight excluding hydrogens is 328 g/mol. The van der Waals surface area contributed by atoms with Gasteiger partial charge in [-0.1, -0.05) is 44.1 Å². The predicted octanol–water partition coefficient (Wildman–Crippen LogP) is 3.47. The predicted molar refractivity (Wildman–Crippen MR) is 97.4 cm³/mol. The molecule has 133 valence electrons. The number of pyridine rings is 1. The highest BCUT2D eigenvalue weighted by Gasteiger charge is 2.23. The molecule has 0 unspecified atom stereocenters. The summed E-state index contributed by atoms with van der Waals surface area (Å²) in [6.07, 6.45) is 3.39. The number of carbonyl (C=O) groups excluding carboxylic acids is 1. The standard InChI is InChI=1S/C20H21N4O2/c1-13-11-15(14-7-9-21-10-8-14)5-6-16(13)12-22-17(25)18-23-19(24-26-18)20(2,3)4/h5-7,9-11H,12H2,1-4H3,(H,22,25). The molecule has 0 aliphatic rings. The third-order valence-corrected chi connectivity index (χ3v) is 4.01. The normalized spacial score (nSPS) is 11.4. The number of amides is 1. The van der Waals surface area contributed by atoms with E-state index < -0.39 is 0 Å². The number of aryl methyl sites for hydroxylation is 1. The maximum Gasteiger partial charge on any atom is 0.315 e. The van der Waals surface area contributed by atoms with E-state index in [1.54, 1.807) is 12.4 Å². The number of aromatic nitrogens is 3. The Morgan fingerprint density at radius 2 is 2.08 bits per heavy atom. The van der Waals surface area contributed by atoms with Crippen molar-refractivity contribution in [3.63, 3.8) is 0 Å². The molecule has 2 aromatic heterocycles. The summed E-state index contributed by atoms with van der Waals surface area (Å²) in [7, 11) is 0. The Kier molecular flexibility index (Phi) is 4.84. The third-order valence-electron chi connectivity index (χ3n) is 4.01. The Bertz CT molecular complexity index is 911. The van der Waals surface area contributed by atoms with E-state index in [0.717, 1.165) is 22.3 Å². The molecule has 26 heavy (non-hydrogen) atoms. The van der Waals surface area contributed by atoms with Crippen molar-refractivity contribution in [3.05, 3.63) is 65.6 Å². The molecule has 0 bridgehead atoms. The fourth-order valence-corrected chi connectivity index (χ4v) is 2.43. The minimum Gasteiger partial charge on any atom is -0.344 e. The van der Waals surface area contributed by atoms with Crippen LogP contribution in [0.2, 0.25) is 0 Å². The van der Waals surface area contributed by atoms with E-state index in [2.05, 4.69) is 32.6 Å². The Morgan fingerprint density at radius 1 is 1.27 bits per heavy atom. The first kappa shape index (κ1) is 17.8. The van der Waals surface area contributed by atoms with Gasteiger partial charge in [0.25, 0.3) is 0 Å². The van der Waals surface area contributed by atoms with Crippen LogP contribution in [0.1, 0.15) is 48.4 Å². The number of rotatable bonds is 4. The minimum atomic E-state index is -0.376. The summed E-state index contributed by atoms with van der Waals surface area (Å²) in [5.41, 5.74) is 3.88. The maximum absolute atomic E-state index is 12.2. The van der Waals surface area contributed by atoms with Crippen molar-refractivity contribution in [2.45, 2.75) is 39.7 Å². The minimum absolute atomic E-state index is 0.0180. The maximum atomic E-state index is 12.2. The largest absolute Gasteiger partial charge is 0.344 e. The fraction of sp³-hybridized carbons (Fsp3) is 0.300. The SMILES string of the molecule is Cc1cc(-c2[c]cncc2)ccc1CNC(=O)c1nc(C(C)(C)C)no1. The van der Waals surface area contributed by atoms with Crippen molar-refractivity contribution in [2.75, 3.05) is 0 Å². The lowest BCUT2D eigenvalue weighted by molar-refractivity contribution is 0.0907. The first-order valence-electron chi connectivity index (χ1n) is 8.38. The molecule has 1 N–H and O–H groups in total. The Labute approximate surface area is 152 Å². The molecule has 0 atom stereocenters. The van der Waals surface area contributed by atoms with Crippen molar-refractivity contribution in [1.29, 1.82) is 0 Å². The Morgan fingerprint density at radius 3 is 2.69 bits per heavy atom. The number of benzene rings is 1. The molecular formula is C20H21N4O2. The van der Waals surface area contributed by atoms with Crippen LogP contribution in [0.15, 0.2) is 41.2 Å². The Hall–Kier alpha value is -3.02. The quantitative estimate of drug-likeness (QED) is 0.780. The van der Waals surface area contributed by atoms with Gasteiger partial charge in [-0.05, 0) is 35.2 Å². The van der Waals surface area contributed by atoms with Crippen molar-refractivity contribution < 1.29 is 9.32 Å². The van der Waals surface area contributed by atoms with Gasteiger partial charge in [0, 0.05) is 30.4 Å². The second-order valence-electron chi connectivity index (χ2n) is 7.15. The van der Waals surface area contributed by atoms with Crippen molar-refractivity contribution in [3.8, 4) is 11.1 Å². The van der Waals surface area contributed by atoms with Gasteiger partial charge in [0.2, 0.25) is 0 Å². The number of hydrogen-bond donors (Lipinski definition) is 1. The lowest BCUT2D eigenvalue weighted by Crippen LogP contribution is -2.24. The number of hydrogen-bond acceptors (Lipinski definition) is 5. The first-order valence-corrected chi connectivity index (χ1v) is 8.38. The molecule has 0 aliphatic carbocycles. The topological polar surface area (TPSA) is 80.9 Å². The molecule has 0 fully saturated rings. The van der Waals surface area contributed by atoms with Gasteiger partial charge < -0.3 is 9.84 Å². The molecule has 3 aromatic rings. The van der Waals surface area contributed by atoms with Gasteiger partial charge in [0.15, 0.2) is 5.82 Å². The van der Waals surface area contributed by atoms with E-state index in [4.69, 9.17) is 4.52 Å². The van der Waals surface area contributed by atoms with Gasteiger partial charge in [0.1, 0.15) is 0 Å². The van der Waals surface area contributed by atoms with Gasteiger partial charge in [-0.15, -0.1) is 0 Å². The lowest BCUT2D eigenvalue weighted by Gasteiger charge is -2.11. The van der Waals surface area contributed by atoms with Gasteiger partial charge >= 0.3 is 11.8 Å². The van der Waals surface area contributed by atoms with Crippen molar-refractivity contribution in [1.82, 2.24) is 20.4 Å². The van der Waals surface area contributed by atoms with Crippen LogP contribution in [0.25, 0.3) is 11.1 Å². The summed E-state index contributed by atoms with van der Waals surface area (Å²) in [4.78, 5) is 20.4. The Balaban J connectivity index is 1.68. The van der Waals surface area contributed by atoms with Crippen LogP contribution < -0.4 is 5.32 Å². The summed E-state index contributed by atoms with van der Waals surface area (Å²) in [6.45, 7) is 8.29. The summed E-state index contributed by atoms with van der Waals surface area (Å²) in [5, 5.41) is 6.70. The van der Waals surface area contributed by atoms with Gasteiger partial charge in [-0.3, -0.25) is 9.78 Å². The number of nitrogens with one attached hydrogen (secondary N) is 1. The monoisotopic (exact) mass is 349 g/mol. The van der Waals surface area contributed by atoms with Crippen LogP contribution in [0, 0.1) is 13.0 Å². The molecule has 1 radical (unpaired) electrons. The summed E-state index contributed by atoms with van der Waals surface area (Å²) >= 11 is 0. The summed E-state index contributed by atoms with van der Waals surface area (Å²) in [6, 6.07) is 11.1. The molecule has 0 aliphatic heterocycles. The van der Waals surface area contributed by atoms with Crippen LogP contribution in [-0.4, -0.2) is 21.0 Å². The van der Waals surface area contributed by atoms with Crippen LogP contribution in [0.4, 0.5) is 0 Å². The fourth-order valence-electron chi connectivity index (χ4n) is 2.43. The molecule has 0 saturated carbocycles. The molecule has 1 aromatic carbocycles. The van der Waals surface area contributed by atoms with Gasteiger partial charge in [-0.25, -0.2) is 0 Å². The zero-order chi connectivity index (χ0) is 18.7. The van der Waals surface area contributed by atoms with Gasteiger partial charge in [0.05, 0.1) is 0 Å². The van der Waals surface area contributed by atoms with E-state index in [-0.39, 0.29) is 17.2 Å². The highest BCUT2D eigenvalue weighted by molar-refractivity contribution is 5.89. The van der Waals surface area contributed by atoms with E-state index in [1.807, 2.05) is 45.9 Å². The molecule has 6 heteroatoms. The van der Waals surface area contributed by atoms with Gasteiger partial charge in [-0.2, -0.15) is 4.98 Å². The smallest absolute Gasteiger partial charge is 0.315 e. The average Bonchev–Trinajstić information content (AvgIpc) is 3.12. The van der Waals surface area contributed by atoms with Crippen LogP contribution in [0.5, 0.6) is 0 Å². The average molecular weight is 349 g/mol. The highest BCUT2D eigenvalue weighted by Crippen LogP contribution is 2.21. The van der Waals surface area contributed by atoms with Crippen LogP contribution in [0.3, 0.4) is 0 Å². The zero-order valence-electron chi connectivity index (χ0n) is 15.3. The van der Waals surface area contributed by atoms with E-state index in [9.17, 15) is 4.79 Å². The second-order valence-corrected chi connectivity index (χ2v) is 7.15. The zero-order valence-corrected chi connectivity index (χ0v) is 15.3. The van der Waals surface area contributed by atoms with Crippen molar-refractivity contribution in [2.24, 2.45) is 0 Å². The lowest BCUT2D eigenvalue weighted by atomic mass is 9.96. The number of carbonyl (C=O) groups is 1. The summed E-state index contributed by atoms with van der Waals surface area (Å²) < 4.78 is 5.07. The van der Waals surface area contributed by atoms with E-state index >= 15 is 0 Å². The van der Waals surface area contributed by atoms with Crippen LogP contribution in [-0.2, 0) is 12.0 Å². The molecule has 6 nitrogen and oxygen atoms in total. The second kappa shape index (κ2) is 7.07. The van der Waals surface area contributed by atoms with E-state index in [1.165, 1.54) is 0 Å². The molecule has 2 heterocycles. The van der Waals surface area contributed by atoms with Crippen LogP contribution >= 0.6 is 0 Å². The first-order chi connectivity index (χ1) is 12.3. The number of nitrogens with zero attached hydrogens (tertiary/aromatic N) is 3. The van der Waals surface area contributed by atoms with Crippen molar-refractivity contribution >= 4 is 5.91 Å². The molecule has 0 saturated heterocycles.